The number of carbonyl (C=O) groups is 1. The number of nitrogens with one attached hydrogen (secondary N) is 3. The zero-order valence-corrected chi connectivity index (χ0v) is 16.7. The van der Waals surface area contributed by atoms with Crippen LogP contribution in [-0.4, -0.2) is 30.4 Å². The number of H-pyrrole nitrogens is 1. The summed E-state index contributed by atoms with van der Waals surface area (Å²) >= 11 is 0. The van der Waals surface area contributed by atoms with Crippen molar-refractivity contribution in [3.63, 3.8) is 0 Å². The van der Waals surface area contributed by atoms with E-state index in [9.17, 15) is 22.8 Å². The fraction of sp³-hybridized carbons (Fsp3) is 0.150. The normalized spacial score (nSPS) is 11.3. The molecule has 0 saturated carbocycles. The monoisotopic (exact) mass is 428 g/mol. The molecule has 0 unspecified atom stereocenters. The van der Waals surface area contributed by atoms with Crippen molar-refractivity contribution in [2.75, 3.05) is 11.9 Å². The van der Waals surface area contributed by atoms with E-state index in [1.807, 2.05) is 0 Å². The highest BCUT2D eigenvalue weighted by Gasteiger charge is 2.13. The first-order valence-corrected chi connectivity index (χ1v) is 10.6. The SMILES string of the molecule is C=CCNS(=O)(=O)Cc1ccc(NC(=O)Cn2c(=O)[nH]c3ccccc3c2=O)cc1. The molecule has 0 aliphatic heterocycles. The van der Waals surface area contributed by atoms with E-state index < -0.39 is 33.7 Å². The summed E-state index contributed by atoms with van der Waals surface area (Å²) in [6.07, 6.45) is 1.45. The van der Waals surface area contributed by atoms with E-state index in [1.165, 1.54) is 6.08 Å². The lowest BCUT2D eigenvalue weighted by Gasteiger charge is -2.09. The minimum atomic E-state index is -3.49. The van der Waals surface area contributed by atoms with Crippen molar-refractivity contribution in [1.82, 2.24) is 14.3 Å². The average molecular weight is 428 g/mol. The maximum atomic E-state index is 12.5. The van der Waals surface area contributed by atoms with Crippen LogP contribution in [0.25, 0.3) is 10.9 Å². The topological polar surface area (TPSA) is 130 Å². The van der Waals surface area contributed by atoms with Gasteiger partial charge in [0.15, 0.2) is 0 Å². The highest BCUT2D eigenvalue weighted by atomic mass is 32.2. The molecule has 0 aliphatic rings. The molecule has 0 aliphatic carbocycles. The molecule has 2 aromatic carbocycles. The van der Waals surface area contributed by atoms with Crippen molar-refractivity contribution in [2.24, 2.45) is 0 Å². The maximum Gasteiger partial charge on any atom is 0.329 e. The smallest absolute Gasteiger partial charge is 0.325 e. The molecule has 9 nitrogen and oxygen atoms in total. The molecule has 3 N–H and O–H groups in total. The predicted octanol–water partition coefficient (Wildman–Crippen LogP) is 0.934. The Morgan fingerprint density at radius 1 is 1.10 bits per heavy atom. The fourth-order valence-corrected chi connectivity index (χ4v) is 3.93. The summed E-state index contributed by atoms with van der Waals surface area (Å²) in [5.41, 5.74) is 0.105. The van der Waals surface area contributed by atoms with Gasteiger partial charge in [-0.3, -0.25) is 14.2 Å². The Bertz CT molecular complexity index is 1310. The zero-order valence-electron chi connectivity index (χ0n) is 15.9. The van der Waals surface area contributed by atoms with E-state index in [2.05, 4.69) is 21.6 Å². The first-order chi connectivity index (χ1) is 14.3. The van der Waals surface area contributed by atoms with Gasteiger partial charge in [-0.25, -0.2) is 17.9 Å². The van der Waals surface area contributed by atoms with Crippen LogP contribution < -0.4 is 21.3 Å². The van der Waals surface area contributed by atoms with Crippen LogP contribution in [0.2, 0.25) is 0 Å². The second kappa shape index (κ2) is 8.89. The second-order valence-corrected chi connectivity index (χ2v) is 8.32. The number of aromatic nitrogens is 2. The molecule has 0 spiro atoms. The zero-order chi connectivity index (χ0) is 21.7. The summed E-state index contributed by atoms with van der Waals surface area (Å²) in [5, 5.41) is 2.89. The van der Waals surface area contributed by atoms with E-state index in [0.29, 0.717) is 22.2 Å². The van der Waals surface area contributed by atoms with Gasteiger partial charge in [0.25, 0.3) is 5.56 Å². The average Bonchev–Trinajstić information content (AvgIpc) is 2.71. The lowest BCUT2D eigenvalue weighted by Crippen LogP contribution is -2.38. The maximum absolute atomic E-state index is 12.5. The lowest BCUT2D eigenvalue weighted by atomic mass is 10.2. The number of sulfonamides is 1. The molecule has 1 amide bonds. The van der Waals surface area contributed by atoms with Gasteiger partial charge in [-0.2, -0.15) is 0 Å². The number of benzene rings is 2. The minimum absolute atomic E-state index is 0.143. The molecule has 3 aromatic rings. The predicted molar refractivity (Wildman–Crippen MR) is 115 cm³/mol. The van der Waals surface area contributed by atoms with Crippen LogP contribution in [-0.2, 0) is 27.1 Å². The third-order valence-electron chi connectivity index (χ3n) is 4.23. The van der Waals surface area contributed by atoms with Crippen LogP contribution in [0.3, 0.4) is 0 Å². The van der Waals surface area contributed by atoms with Crippen LogP contribution in [0.1, 0.15) is 5.56 Å². The molecule has 0 radical (unpaired) electrons. The standard InChI is InChI=1S/C20H20N4O5S/c1-2-11-21-30(28,29)13-14-7-9-15(10-8-14)22-18(25)12-24-19(26)16-5-3-4-6-17(16)23-20(24)27/h2-10,21H,1,11-13H2,(H,22,25)(H,23,27). The summed E-state index contributed by atoms with van der Waals surface area (Å²) in [7, 11) is -3.49. The molecule has 0 fully saturated rings. The first-order valence-electron chi connectivity index (χ1n) is 8.98. The van der Waals surface area contributed by atoms with Crippen LogP contribution in [0.5, 0.6) is 0 Å². The molecule has 0 saturated heterocycles. The fourth-order valence-electron chi connectivity index (χ4n) is 2.83. The minimum Gasteiger partial charge on any atom is -0.325 e. The van der Waals surface area contributed by atoms with Gasteiger partial charge in [0.05, 0.1) is 16.7 Å². The van der Waals surface area contributed by atoms with Gasteiger partial charge in [-0.05, 0) is 29.8 Å². The number of hydrogen-bond acceptors (Lipinski definition) is 5. The Morgan fingerprint density at radius 2 is 1.80 bits per heavy atom. The van der Waals surface area contributed by atoms with Gasteiger partial charge in [0, 0.05) is 12.2 Å². The number of fused-ring (bicyclic) bond motifs is 1. The van der Waals surface area contributed by atoms with Crippen molar-refractivity contribution in [3.8, 4) is 0 Å². The van der Waals surface area contributed by atoms with Gasteiger partial charge >= 0.3 is 5.69 Å². The van der Waals surface area contributed by atoms with E-state index in [4.69, 9.17) is 0 Å². The highest BCUT2D eigenvalue weighted by molar-refractivity contribution is 7.88. The molecular weight excluding hydrogens is 408 g/mol. The van der Waals surface area contributed by atoms with Crippen LogP contribution in [0.4, 0.5) is 5.69 Å². The Balaban J connectivity index is 1.70. The third kappa shape index (κ3) is 5.10. The van der Waals surface area contributed by atoms with Crippen molar-refractivity contribution < 1.29 is 13.2 Å². The number of anilines is 1. The first kappa shape index (κ1) is 21.2. The van der Waals surface area contributed by atoms with Crippen LogP contribution >= 0.6 is 0 Å². The van der Waals surface area contributed by atoms with Crippen molar-refractivity contribution in [3.05, 3.63) is 87.6 Å². The Hall–Kier alpha value is -3.50. The second-order valence-electron chi connectivity index (χ2n) is 6.51. The summed E-state index contributed by atoms with van der Waals surface area (Å²) in [6, 6.07) is 12.8. The molecule has 3 rings (SSSR count). The summed E-state index contributed by atoms with van der Waals surface area (Å²) in [6.45, 7) is 3.14. The number of carbonyl (C=O) groups excluding carboxylic acids is 1. The molecule has 1 heterocycles. The number of nitrogens with zero attached hydrogens (tertiary/aromatic N) is 1. The van der Waals surface area contributed by atoms with Crippen LogP contribution in [0, 0.1) is 0 Å². The Kier molecular flexibility index (Phi) is 6.28. The van der Waals surface area contributed by atoms with Gasteiger partial charge < -0.3 is 10.3 Å². The summed E-state index contributed by atoms with van der Waals surface area (Å²) in [5.74, 6) is -0.775. The molecule has 30 heavy (non-hydrogen) atoms. The van der Waals surface area contributed by atoms with E-state index in [1.54, 1.807) is 48.5 Å². The Labute approximate surface area is 172 Å². The molecule has 0 atom stereocenters. The van der Waals surface area contributed by atoms with Gasteiger partial charge in [-0.1, -0.05) is 30.3 Å². The highest BCUT2D eigenvalue weighted by Crippen LogP contribution is 2.12. The van der Waals surface area contributed by atoms with E-state index in [-0.39, 0.29) is 12.3 Å². The number of para-hydroxylation sites is 1. The van der Waals surface area contributed by atoms with Crippen molar-refractivity contribution in [1.29, 1.82) is 0 Å². The van der Waals surface area contributed by atoms with E-state index >= 15 is 0 Å². The molecule has 0 bridgehead atoms. The number of amides is 1. The van der Waals surface area contributed by atoms with E-state index in [0.717, 1.165) is 4.57 Å². The number of hydrogen-bond donors (Lipinski definition) is 3. The number of rotatable bonds is 8. The molecular formula is C20H20N4O5S. The van der Waals surface area contributed by atoms with Gasteiger partial charge in [0.2, 0.25) is 15.9 Å². The van der Waals surface area contributed by atoms with Crippen molar-refractivity contribution >= 4 is 32.5 Å². The largest absolute Gasteiger partial charge is 0.329 e. The summed E-state index contributed by atoms with van der Waals surface area (Å²) in [4.78, 5) is 39.5. The summed E-state index contributed by atoms with van der Waals surface area (Å²) < 4.78 is 27.0. The van der Waals surface area contributed by atoms with Crippen molar-refractivity contribution in [2.45, 2.75) is 12.3 Å². The third-order valence-corrected chi connectivity index (χ3v) is 5.55. The quantitative estimate of drug-likeness (QED) is 0.460. The molecule has 156 valence electrons. The molecule has 1 aromatic heterocycles. The van der Waals surface area contributed by atoms with Gasteiger partial charge in [-0.15, -0.1) is 6.58 Å². The number of aromatic amines is 1. The lowest BCUT2D eigenvalue weighted by molar-refractivity contribution is -0.116. The molecule has 10 heteroatoms. The Morgan fingerprint density at radius 3 is 2.50 bits per heavy atom. The van der Waals surface area contributed by atoms with Gasteiger partial charge in [0.1, 0.15) is 6.54 Å². The van der Waals surface area contributed by atoms with Crippen LogP contribution in [0.15, 0.2) is 70.8 Å².